The van der Waals surface area contributed by atoms with Crippen molar-refractivity contribution in [3.63, 3.8) is 0 Å². The van der Waals surface area contributed by atoms with Crippen LogP contribution in [0.15, 0.2) is 18.2 Å². The summed E-state index contributed by atoms with van der Waals surface area (Å²) in [7, 11) is 0. The summed E-state index contributed by atoms with van der Waals surface area (Å²) in [4.78, 5) is 26.8. The van der Waals surface area contributed by atoms with Gasteiger partial charge in [0.25, 0.3) is 0 Å². The number of benzene rings is 1. The molecule has 2 bridgehead atoms. The molecule has 0 aromatic heterocycles. The quantitative estimate of drug-likeness (QED) is 0.745. The third-order valence-electron chi connectivity index (χ3n) is 4.92. The van der Waals surface area contributed by atoms with Gasteiger partial charge >= 0.3 is 6.09 Å². The van der Waals surface area contributed by atoms with Gasteiger partial charge in [0.2, 0.25) is 0 Å². The first kappa shape index (κ1) is 17.8. The highest BCUT2D eigenvalue weighted by Gasteiger charge is 2.47. The number of carbonyl (C=O) groups is 2. The summed E-state index contributed by atoms with van der Waals surface area (Å²) in [6.07, 6.45) is 2.04. The average molecular weight is 351 g/mol. The van der Waals surface area contributed by atoms with E-state index in [-0.39, 0.29) is 18.2 Å². The van der Waals surface area contributed by atoms with Gasteiger partial charge in [-0.1, -0.05) is 6.07 Å². The molecule has 2 fully saturated rings. The normalized spacial score (nSPS) is 25.8. The van der Waals surface area contributed by atoms with E-state index >= 15 is 0 Å². The summed E-state index contributed by atoms with van der Waals surface area (Å²) < 4.78 is 33.3. The predicted molar refractivity (Wildman–Crippen MR) is 88.3 cm³/mol. The molecule has 1 amide bonds. The molecule has 2 saturated heterocycles. The van der Waals surface area contributed by atoms with Crippen LogP contribution in [-0.4, -0.2) is 34.5 Å². The number of hydrogen-bond acceptors (Lipinski definition) is 3. The van der Waals surface area contributed by atoms with Crippen molar-refractivity contribution in [2.75, 3.05) is 0 Å². The largest absolute Gasteiger partial charge is 0.444 e. The Balaban J connectivity index is 1.76. The number of ether oxygens (including phenoxy) is 1. The van der Waals surface area contributed by atoms with E-state index in [9.17, 15) is 18.4 Å². The van der Waals surface area contributed by atoms with Crippen LogP contribution < -0.4 is 0 Å². The minimum absolute atomic E-state index is 0.114. The Kier molecular flexibility index (Phi) is 4.56. The van der Waals surface area contributed by atoms with Crippen molar-refractivity contribution in [3.05, 3.63) is 35.4 Å². The first-order valence-electron chi connectivity index (χ1n) is 8.67. The van der Waals surface area contributed by atoms with E-state index in [1.807, 2.05) is 20.8 Å². The molecule has 1 aromatic rings. The summed E-state index contributed by atoms with van der Waals surface area (Å²) >= 11 is 0. The van der Waals surface area contributed by atoms with Crippen molar-refractivity contribution >= 4 is 11.9 Å². The molecule has 3 rings (SSSR count). The number of Topliss-reactive ketones (excluding diaryl/α,β-unsaturated/α-hetero) is 1. The smallest absolute Gasteiger partial charge is 0.410 e. The molecule has 0 N–H and O–H groups in total. The van der Waals surface area contributed by atoms with Crippen molar-refractivity contribution in [2.24, 2.45) is 5.92 Å². The van der Waals surface area contributed by atoms with Gasteiger partial charge in [-0.25, -0.2) is 13.6 Å². The monoisotopic (exact) mass is 351 g/mol. The molecule has 0 aliphatic carbocycles. The molecule has 1 aromatic carbocycles. The first-order valence-corrected chi connectivity index (χ1v) is 8.67. The van der Waals surface area contributed by atoms with Crippen LogP contribution in [-0.2, 0) is 4.74 Å². The Morgan fingerprint density at radius 3 is 2.08 bits per heavy atom. The molecule has 2 heterocycles. The van der Waals surface area contributed by atoms with Crippen LogP contribution in [0.5, 0.6) is 0 Å². The average Bonchev–Trinajstić information content (AvgIpc) is 2.76. The van der Waals surface area contributed by atoms with Crippen molar-refractivity contribution < 1.29 is 23.1 Å². The van der Waals surface area contributed by atoms with E-state index in [0.717, 1.165) is 25.0 Å². The summed E-state index contributed by atoms with van der Waals surface area (Å²) in [5, 5.41) is 0. The first-order chi connectivity index (χ1) is 11.7. The molecule has 0 spiro atoms. The third kappa shape index (κ3) is 3.53. The Morgan fingerprint density at radius 2 is 1.60 bits per heavy atom. The van der Waals surface area contributed by atoms with Crippen molar-refractivity contribution in [2.45, 2.75) is 64.1 Å². The molecule has 6 heteroatoms. The van der Waals surface area contributed by atoms with Crippen LogP contribution in [0.2, 0.25) is 0 Å². The lowest BCUT2D eigenvalue weighted by Crippen LogP contribution is -2.49. The zero-order valence-electron chi connectivity index (χ0n) is 14.7. The molecule has 0 radical (unpaired) electrons. The number of ketones is 1. The van der Waals surface area contributed by atoms with Gasteiger partial charge in [0.15, 0.2) is 5.78 Å². The third-order valence-corrected chi connectivity index (χ3v) is 4.92. The number of halogens is 2. The van der Waals surface area contributed by atoms with Crippen LogP contribution in [0.4, 0.5) is 13.6 Å². The number of amides is 1. The summed E-state index contributed by atoms with van der Waals surface area (Å²) in [5.74, 6) is -2.63. The Bertz CT molecular complexity index is 664. The van der Waals surface area contributed by atoms with Gasteiger partial charge in [0.05, 0.1) is 5.56 Å². The minimum Gasteiger partial charge on any atom is -0.444 e. The van der Waals surface area contributed by atoms with Gasteiger partial charge in [-0.05, 0) is 58.6 Å². The molecule has 2 atom stereocenters. The summed E-state index contributed by atoms with van der Waals surface area (Å²) in [5.41, 5.74) is -1.04. The highest BCUT2D eigenvalue weighted by Crippen LogP contribution is 2.41. The van der Waals surface area contributed by atoms with Crippen LogP contribution in [0.1, 0.15) is 56.8 Å². The SMILES string of the molecule is CC(C)(C)OC(=O)N1C2CCC1CC(C(=O)c1c(F)cccc1F)C2. The highest BCUT2D eigenvalue weighted by molar-refractivity contribution is 5.98. The lowest BCUT2D eigenvalue weighted by molar-refractivity contribution is 0.00246. The maximum Gasteiger partial charge on any atom is 0.410 e. The van der Waals surface area contributed by atoms with Crippen molar-refractivity contribution in [3.8, 4) is 0 Å². The minimum atomic E-state index is -0.827. The van der Waals surface area contributed by atoms with Crippen LogP contribution in [0.25, 0.3) is 0 Å². The van der Waals surface area contributed by atoms with Crippen molar-refractivity contribution in [1.29, 1.82) is 0 Å². The van der Waals surface area contributed by atoms with Crippen LogP contribution in [0, 0.1) is 17.6 Å². The van der Waals surface area contributed by atoms with E-state index in [0.29, 0.717) is 12.8 Å². The predicted octanol–water partition coefficient (Wildman–Crippen LogP) is 4.33. The number of nitrogens with zero attached hydrogens (tertiary/aromatic N) is 1. The molecule has 2 unspecified atom stereocenters. The summed E-state index contributed by atoms with van der Waals surface area (Å²) in [6, 6.07) is 3.22. The van der Waals surface area contributed by atoms with E-state index < -0.39 is 34.5 Å². The van der Waals surface area contributed by atoms with Crippen molar-refractivity contribution in [1.82, 2.24) is 4.90 Å². The topological polar surface area (TPSA) is 46.6 Å². The number of rotatable bonds is 2. The zero-order valence-corrected chi connectivity index (χ0v) is 14.7. The molecule has 2 aliphatic heterocycles. The zero-order chi connectivity index (χ0) is 18.4. The fourth-order valence-electron chi connectivity index (χ4n) is 3.94. The molecule has 2 aliphatic rings. The number of hydrogen-bond donors (Lipinski definition) is 0. The van der Waals surface area contributed by atoms with Gasteiger partial charge in [-0.2, -0.15) is 0 Å². The maximum atomic E-state index is 13.9. The fraction of sp³-hybridized carbons (Fsp3) is 0.579. The maximum absolute atomic E-state index is 13.9. The molecular formula is C19H23F2NO3. The van der Waals surface area contributed by atoms with E-state index in [1.54, 1.807) is 4.90 Å². The Hall–Kier alpha value is -1.98. The van der Waals surface area contributed by atoms with Gasteiger partial charge in [0, 0.05) is 18.0 Å². The number of piperidine rings is 1. The Labute approximate surface area is 146 Å². The van der Waals surface area contributed by atoms with Gasteiger partial charge < -0.3 is 9.64 Å². The molecule has 25 heavy (non-hydrogen) atoms. The van der Waals surface area contributed by atoms with E-state index in [1.165, 1.54) is 6.07 Å². The van der Waals surface area contributed by atoms with Gasteiger partial charge in [0.1, 0.15) is 17.2 Å². The van der Waals surface area contributed by atoms with Crippen LogP contribution in [0.3, 0.4) is 0 Å². The molecule has 4 nitrogen and oxygen atoms in total. The van der Waals surface area contributed by atoms with Gasteiger partial charge in [-0.15, -0.1) is 0 Å². The molecule has 136 valence electrons. The fourth-order valence-corrected chi connectivity index (χ4v) is 3.94. The Morgan fingerprint density at radius 1 is 1.08 bits per heavy atom. The summed E-state index contributed by atoms with van der Waals surface area (Å²) in [6.45, 7) is 5.43. The van der Waals surface area contributed by atoms with E-state index in [2.05, 4.69) is 0 Å². The van der Waals surface area contributed by atoms with Crippen LogP contribution >= 0.6 is 0 Å². The molecule has 0 saturated carbocycles. The second kappa shape index (κ2) is 6.39. The lowest BCUT2D eigenvalue weighted by Gasteiger charge is -2.39. The number of fused-ring (bicyclic) bond motifs is 2. The second-order valence-electron chi connectivity index (χ2n) is 7.90. The standard InChI is InChI=1S/C19H23F2NO3/c1-19(2,3)25-18(24)22-12-7-8-13(22)10-11(9-12)17(23)16-14(20)5-4-6-15(16)21/h4-6,11-13H,7-10H2,1-3H3. The van der Waals surface area contributed by atoms with Gasteiger partial charge in [-0.3, -0.25) is 4.79 Å². The lowest BCUT2D eigenvalue weighted by atomic mass is 9.84. The van der Waals surface area contributed by atoms with E-state index in [4.69, 9.17) is 4.74 Å². The highest BCUT2D eigenvalue weighted by atomic mass is 19.1. The molecular weight excluding hydrogens is 328 g/mol. The second-order valence-corrected chi connectivity index (χ2v) is 7.90. The number of carbonyl (C=O) groups excluding carboxylic acids is 2.